The second kappa shape index (κ2) is 4.77. The van der Waals surface area contributed by atoms with Crippen LogP contribution in [0.2, 0.25) is 0 Å². The summed E-state index contributed by atoms with van der Waals surface area (Å²) < 4.78 is 5.20. The summed E-state index contributed by atoms with van der Waals surface area (Å²) in [5.41, 5.74) is 1.92. The lowest BCUT2D eigenvalue weighted by atomic mass is 10.1. The molecule has 17 heavy (non-hydrogen) atoms. The summed E-state index contributed by atoms with van der Waals surface area (Å²) in [6.45, 7) is 0.601. The van der Waals surface area contributed by atoms with Crippen LogP contribution in [0.15, 0.2) is 24.4 Å². The number of ether oxygens (including phenoxy) is 1. The minimum Gasteiger partial charge on any atom is -0.497 e. The number of fused-ring (bicyclic) bond motifs is 1. The third-order valence-corrected chi connectivity index (χ3v) is 2.82. The molecule has 0 fully saturated rings. The first-order chi connectivity index (χ1) is 8.11. The largest absolute Gasteiger partial charge is 0.497 e. The van der Waals surface area contributed by atoms with Crippen LogP contribution < -0.4 is 4.74 Å². The normalized spacial score (nSPS) is 13.2. The fourth-order valence-electron chi connectivity index (χ4n) is 1.97. The molecule has 0 aliphatic heterocycles. The zero-order chi connectivity index (χ0) is 12.4. The number of aromatic nitrogens is 1. The van der Waals surface area contributed by atoms with Crippen LogP contribution in [0.4, 0.5) is 0 Å². The number of hydrogen-bond donors (Lipinski definition) is 2. The van der Waals surface area contributed by atoms with Gasteiger partial charge in [0.15, 0.2) is 0 Å². The van der Waals surface area contributed by atoms with E-state index in [-0.39, 0.29) is 0 Å². The quantitative estimate of drug-likeness (QED) is 0.847. The van der Waals surface area contributed by atoms with Crippen molar-refractivity contribution < 1.29 is 9.84 Å². The number of benzene rings is 1. The molecular formula is C13H18N2O2. The summed E-state index contributed by atoms with van der Waals surface area (Å²) in [7, 11) is 5.53. The molecule has 0 radical (unpaired) electrons. The number of methoxy groups -OCH3 is 1. The van der Waals surface area contributed by atoms with Crippen molar-refractivity contribution in [2.45, 2.75) is 6.10 Å². The molecule has 0 bridgehead atoms. The SMILES string of the molecule is COc1ccc2[nH]cc(C(O)CN(C)C)c2c1. The lowest BCUT2D eigenvalue weighted by Gasteiger charge is -2.15. The number of rotatable bonds is 4. The molecule has 0 saturated carbocycles. The highest BCUT2D eigenvalue weighted by atomic mass is 16.5. The Bertz CT molecular complexity index is 505. The predicted molar refractivity (Wildman–Crippen MR) is 68.4 cm³/mol. The Balaban J connectivity index is 2.39. The molecule has 0 aliphatic rings. The molecular weight excluding hydrogens is 216 g/mol. The molecule has 4 nitrogen and oxygen atoms in total. The van der Waals surface area contributed by atoms with Crippen molar-refractivity contribution in [2.24, 2.45) is 0 Å². The maximum absolute atomic E-state index is 10.1. The van der Waals surface area contributed by atoms with E-state index in [0.717, 1.165) is 22.2 Å². The Kier molecular flexibility index (Phi) is 3.36. The van der Waals surface area contributed by atoms with Gasteiger partial charge in [-0.1, -0.05) is 0 Å². The molecule has 92 valence electrons. The number of aromatic amines is 1. The fraction of sp³-hybridized carbons (Fsp3) is 0.385. The van der Waals surface area contributed by atoms with Gasteiger partial charge >= 0.3 is 0 Å². The highest BCUT2D eigenvalue weighted by Gasteiger charge is 2.14. The average Bonchev–Trinajstić information content (AvgIpc) is 2.70. The zero-order valence-electron chi connectivity index (χ0n) is 10.4. The summed E-state index contributed by atoms with van der Waals surface area (Å²) >= 11 is 0. The van der Waals surface area contributed by atoms with Crippen molar-refractivity contribution in [2.75, 3.05) is 27.7 Å². The second-order valence-corrected chi connectivity index (χ2v) is 4.43. The van der Waals surface area contributed by atoms with Crippen molar-refractivity contribution in [3.8, 4) is 5.75 Å². The van der Waals surface area contributed by atoms with E-state index in [1.165, 1.54) is 0 Å². The highest BCUT2D eigenvalue weighted by Crippen LogP contribution is 2.27. The first-order valence-corrected chi connectivity index (χ1v) is 5.59. The Morgan fingerprint density at radius 3 is 2.82 bits per heavy atom. The number of H-pyrrole nitrogens is 1. The summed E-state index contributed by atoms with van der Waals surface area (Å²) in [6.07, 6.45) is 1.36. The summed E-state index contributed by atoms with van der Waals surface area (Å²) in [6, 6.07) is 5.81. The first-order valence-electron chi connectivity index (χ1n) is 5.59. The maximum Gasteiger partial charge on any atom is 0.119 e. The number of aliphatic hydroxyl groups excluding tert-OH is 1. The van der Waals surface area contributed by atoms with E-state index >= 15 is 0 Å². The second-order valence-electron chi connectivity index (χ2n) is 4.43. The number of aliphatic hydroxyl groups is 1. The van der Waals surface area contributed by atoms with E-state index in [9.17, 15) is 5.11 Å². The molecule has 2 N–H and O–H groups in total. The molecule has 1 heterocycles. The van der Waals surface area contributed by atoms with E-state index < -0.39 is 6.10 Å². The Hall–Kier alpha value is -1.52. The van der Waals surface area contributed by atoms with Crippen LogP contribution in [-0.4, -0.2) is 42.7 Å². The van der Waals surface area contributed by atoms with Crippen molar-refractivity contribution in [1.82, 2.24) is 9.88 Å². The van der Waals surface area contributed by atoms with Gasteiger partial charge in [-0.15, -0.1) is 0 Å². The van der Waals surface area contributed by atoms with Gasteiger partial charge in [0.1, 0.15) is 5.75 Å². The Morgan fingerprint density at radius 1 is 1.41 bits per heavy atom. The van der Waals surface area contributed by atoms with Crippen LogP contribution in [-0.2, 0) is 0 Å². The molecule has 1 unspecified atom stereocenters. The standard InChI is InChI=1S/C13H18N2O2/c1-15(2)8-13(16)11-7-14-12-5-4-9(17-3)6-10(11)12/h4-7,13-14,16H,8H2,1-3H3. The van der Waals surface area contributed by atoms with E-state index in [4.69, 9.17) is 4.74 Å². The smallest absolute Gasteiger partial charge is 0.119 e. The van der Waals surface area contributed by atoms with Gasteiger partial charge in [-0.2, -0.15) is 0 Å². The van der Waals surface area contributed by atoms with Crippen molar-refractivity contribution >= 4 is 10.9 Å². The van der Waals surface area contributed by atoms with E-state index in [2.05, 4.69) is 4.98 Å². The number of hydrogen-bond acceptors (Lipinski definition) is 3. The Labute approximate surface area is 101 Å². The summed E-state index contributed by atoms with van der Waals surface area (Å²) in [4.78, 5) is 5.12. The minimum atomic E-state index is -0.495. The summed E-state index contributed by atoms with van der Waals surface area (Å²) in [5, 5.41) is 11.2. The fourth-order valence-corrected chi connectivity index (χ4v) is 1.97. The number of likely N-dealkylation sites (N-methyl/N-ethyl adjacent to an activating group) is 1. The number of nitrogens with zero attached hydrogens (tertiary/aromatic N) is 1. The third-order valence-electron chi connectivity index (χ3n) is 2.82. The Morgan fingerprint density at radius 2 is 2.18 bits per heavy atom. The van der Waals surface area contributed by atoms with Crippen LogP contribution in [0.25, 0.3) is 10.9 Å². The van der Waals surface area contributed by atoms with Gasteiger partial charge in [0.25, 0.3) is 0 Å². The minimum absolute atomic E-state index is 0.495. The maximum atomic E-state index is 10.1. The molecule has 2 rings (SSSR count). The van der Waals surface area contributed by atoms with Crippen molar-refractivity contribution in [1.29, 1.82) is 0 Å². The van der Waals surface area contributed by atoms with Crippen LogP contribution in [0.1, 0.15) is 11.7 Å². The highest BCUT2D eigenvalue weighted by molar-refractivity contribution is 5.85. The molecule has 2 aromatic rings. The third kappa shape index (κ3) is 2.43. The van der Waals surface area contributed by atoms with Gasteiger partial charge in [0, 0.05) is 29.2 Å². The first kappa shape index (κ1) is 12.0. The van der Waals surface area contributed by atoms with Crippen molar-refractivity contribution in [3.63, 3.8) is 0 Å². The van der Waals surface area contributed by atoms with E-state index in [1.54, 1.807) is 7.11 Å². The van der Waals surface area contributed by atoms with Crippen LogP contribution >= 0.6 is 0 Å². The average molecular weight is 234 g/mol. The molecule has 1 aromatic heterocycles. The summed E-state index contributed by atoms with van der Waals surface area (Å²) in [5.74, 6) is 0.801. The molecule has 1 atom stereocenters. The molecule has 0 spiro atoms. The molecule has 0 aliphatic carbocycles. The van der Waals surface area contributed by atoms with Gasteiger partial charge in [-0.3, -0.25) is 0 Å². The predicted octanol–water partition coefficient (Wildman–Crippen LogP) is 1.77. The number of nitrogens with one attached hydrogen (secondary N) is 1. The van der Waals surface area contributed by atoms with Gasteiger partial charge in [0.2, 0.25) is 0 Å². The lowest BCUT2D eigenvalue weighted by molar-refractivity contribution is 0.140. The lowest BCUT2D eigenvalue weighted by Crippen LogP contribution is -2.19. The molecule has 1 aromatic carbocycles. The van der Waals surface area contributed by atoms with E-state index in [1.807, 2.05) is 43.4 Å². The van der Waals surface area contributed by atoms with Gasteiger partial charge in [-0.25, -0.2) is 0 Å². The van der Waals surface area contributed by atoms with Crippen LogP contribution in [0, 0.1) is 0 Å². The van der Waals surface area contributed by atoms with E-state index in [0.29, 0.717) is 6.54 Å². The van der Waals surface area contributed by atoms with Gasteiger partial charge in [0.05, 0.1) is 13.2 Å². The molecule has 0 amide bonds. The molecule has 4 heteroatoms. The zero-order valence-corrected chi connectivity index (χ0v) is 10.4. The van der Waals surface area contributed by atoms with Crippen LogP contribution in [0.5, 0.6) is 5.75 Å². The van der Waals surface area contributed by atoms with Gasteiger partial charge in [-0.05, 0) is 32.3 Å². The van der Waals surface area contributed by atoms with Crippen molar-refractivity contribution in [3.05, 3.63) is 30.0 Å². The van der Waals surface area contributed by atoms with Crippen LogP contribution in [0.3, 0.4) is 0 Å². The van der Waals surface area contributed by atoms with Gasteiger partial charge < -0.3 is 19.7 Å². The molecule has 0 saturated heterocycles. The monoisotopic (exact) mass is 234 g/mol. The topological polar surface area (TPSA) is 48.5 Å².